The van der Waals surface area contributed by atoms with Gasteiger partial charge < -0.3 is 14.8 Å². The predicted octanol–water partition coefficient (Wildman–Crippen LogP) is 0.591. The molecule has 0 aliphatic carbocycles. The van der Waals surface area contributed by atoms with Crippen LogP contribution in [-0.2, 0) is 9.47 Å². The smallest absolute Gasteiger partial charge is 0.286 e. The molecule has 0 aromatic carbocycles. The molecule has 0 aromatic heterocycles. The molecular weight excluding hydrogens is 144 g/mol. The largest absolute Gasteiger partial charge is 0.436 e. The highest BCUT2D eigenvalue weighted by Gasteiger charge is 2.03. The molecule has 0 fully saturated rings. The van der Waals surface area contributed by atoms with Crippen LogP contribution in [0.25, 0.3) is 0 Å². The lowest BCUT2D eigenvalue weighted by Gasteiger charge is -2.14. The van der Waals surface area contributed by atoms with Crippen LogP contribution in [0.2, 0.25) is 0 Å². The van der Waals surface area contributed by atoms with Crippen LogP contribution >= 0.6 is 0 Å². The molecule has 0 bridgehead atoms. The van der Waals surface area contributed by atoms with Crippen molar-refractivity contribution in [2.24, 2.45) is 4.99 Å². The second-order valence-corrected chi connectivity index (χ2v) is 1.92. The van der Waals surface area contributed by atoms with Gasteiger partial charge in [0.05, 0.1) is 0 Å². The van der Waals surface area contributed by atoms with E-state index in [0.717, 1.165) is 0 Å². The minimum absolute atomic E-state index is 0.244. The summed E-state index contributed by atoms with van der Waals surface area (Å²) in [5.41, 5.74) is 0. The average molecular weight is 160 g/mol. The fraction of sp³-hybridized carbons (Fsp3) is 0.857. The zero-order chi connectivity index (χ0) is 8.69. The number of hydrogen-bond donors (Lipinski definition) is 1. The van der Waals surface area contributed by atoms with Gasteiger partial charge in [-0.3, -0.25) is 0 Å². The Labute approximate surface area is 67.6 Å². The van der Waals surface area contributed by atoms with E-state index in [-0.39, 0.29) is 6.29 Å². The van der Waals surface area contributed by atoms with E-state index in [1.807, 2.05) is 13.8 Å². The molecule has 4 heteroatoms. The van der Waals surface area contributed by atoms with Crippen molar-refractivity contribution in [1.82, 2.24) is 5.32 Å². The summed E-state index contributed by atoms with van der Waals surface area (Å²) in [7, 11) is 3.41. The summed E-state index contributed by atoms with van der Waals surface area (Å²) in [4.78, 5) is 3.83. The fourth-order valence-corrected chi connectivity index (χ4v) is 0.649. The van der Waals surface area contributed by atoms with Gasteiger partial charge >= 0.3 is 0 Å². The third-order valence-corrected chi connectivity index (χ3v) is 1.10. The lowest BCUT2D eigenvalue weighted by molar-refractivity contribution is -0.0720. The molecule has 1 N–H and O–H groups in total. The Kier molecular flexibility index (Phi) is 5.56. The highest BCUT2D eigenvalue weighted by atomic mass is 16.7. The monoisotopic (exact) mass is 160 g/mol. The lowest BCUT2D eigenvalue weighted by atomic mass is 10.7. The van der Waals surface area contributed by atoms with Crippen LogP contribution in [0.5, 0.6) is 0 Å². The van der Waals surface area contributed by atoms with Gasteiger partial charge in [-0.05, 0) is 13.8 Å². The summed E-state index contributed by atoms with van der Waals surface area (Å²) in [5.74, 6) is 0. The number of nitrogens with zero attached hydrogens (tertiary/aromatic N) is 1. The second kappa shape index (κ2) is 5.97. The van der Waals surface area contributed by atoms with E-state index >= 15 is 0 Å². The Morgan fingerprint density at radius 1 is 1.64 bits per heavy atom. The number of nitrogens with one attached hydrogen (secondary N) is 1. The Morgan fingerprint density at radius 2 is 2.27 bits per heavy atom. The first-order valence-electron chi connectivity index (χ1n) is 3.67. The topological polar surface area (TPSA) is 42.9 Å². The predicted molar refractivity (Wildman–Crippen MR) is 44.6 cm³/mol. The van der Waals surface area contributed by atoms with E-state index in [1.54, 1.807) is 14.1 Å². The molecule has 0 spiro atoms. The molecule has 0 saturated carbocycles. The minimum atomic E-state index is -0.244. The van der Waals surface area contributed by atoms with Crippen molar-refractivity contribution < 1.29 is 9.47 Å². The normalized spacial score (nSPS) is 14.4. The molecule has 11 heavy (non-hydrogen) atoms. The first kappa shape index (κ1) is 10.2. The molecule has 0 aliphatic heterocycles. The van der Waals surface area contributed by atoms with Crippen molar-refractivity contribution in [1.29, 1.82) is 0 Å². The first-order valence-corrected chi connectivity index (χ1v) is 3.67. The quantitative estimate of drug-likeness (QED) is 0.373. The van der Waals surface area contributed by atoms with Gasteiger partial charge in [0.1, 0.15) is 0 Å². The van der Waals surface area contributed by atoms with Gasteiger partial charge in [0.15, 0.2) is 6.29 Å². The highest BCUT2D eigenvalue weighted by Crippen LogP contribution is 1.92. The summed E-state index contributed by atoms with van der Waals surface area (Å²) >= 11 is 0. The highest BCUT2D eigenvalue weighted by molar-refractivity contribution is 5.72. The first-order chi connectivity index (χ1) is 5.24. The number of ether oxygens (including phenoxy) is 2. The summed E-state index contributed by atoms with van der Waals surface area (Å²) in [6.07, 6.45) is -0.244. The van der Waals surface area contributed by atoms with Crippen LogP contribution in [0.4, 0.5) is 0 Å². The standard InChI is InChI=1S/C7H16N2O2/c1-5-10-6(2)11-7(8-3)9-4/h6H,5H2,1-4H3,(H,8,9). The molecule has 1 unspecified atom stereocenters. The molecule has 0 aliphatic rings. The van der Waals surface area contributed by atoms with E-state index in [4.69, 9.17) is 9.47 Å². The van der Waals surface area contributed by atoms with Gasteiger partial charge in [0, 0.05) is 20.7 Å². The van der Waals surface area contributed by atoms with Crippen LogP contribution < -0.4 is 5.32 Å². The van der Waals surface area contributed by atoms with Crippen molar-refractivity contribution in [3.63, 3.8) is 0 Å². The zero-order valence-electron chi connectivity index (χ0n) is 7.55. The van der Waals surface area contributed by atoms with Crippen molar-refractivity contribution in [3.8, 4) is 0 Å². The van der Waals surface area contributed by atoms with Crippen LogP contribution in [0, 0.1) is 0 Å². The maximum atomic E-state index is 5.21. The molecule has 4 nitrogen and oxygen atoms in total. The van der Waals surface area contributed by atoms with Gasteiger partial charge in [0.2, 0.25) is 0 Å². The molecular formula is C7H16N2O2. The summed E-state index contributed by atoms with van der Waals surface area (Å²) < 4.78 is 10.3. The van der Waals surface area contributed by atoms with E-state index in [9.17, 15) is 0 Å². The van der Waals surface area contributed by atoms with Gasteiger partial charge in [-0.15, -0.1) is 0 Å². The number of hydrogen-bond acceptors (Lipinski definition) is 3. The van der Waals surface area contributed by atoms with Crippen molar-refractivity contribution >= 4 is 6.02 Å². The van der Waals surface area contributed by atoms with E-state index < -0.39 is 0 Å². The third kappa shape index (κ3) is 4.61. The number of amidine groups is 1. The van der Waals surface area contributed by atoms with Crippen LogP contribution in [0.15, 0.2) is 4.99 Å². The average Bonchev–Trinajstić information content (AvgIpc) is 2.01. The van der Waals surface area contributed by atoms with Crippen molar-refractivity contribution in [2.75, 3.05) is 20.7 Å². The lowest BCUT2D eigenvalue weighted by Crippen LogP contribution is -2.27. The van der Waals surface area contributed by atoms with Gasteiger partial charge in [-0.25, -0.2) is 4.99 Å². The van der Waals surface area contributed by atoms with Gasteiger partial charge in [-0.2, -0.15) is 0 Å². The molecule has 0 radical (unpaired) electrons. The van der Waals surface area contributed by atoms with E-state index in [2.05, 4.69) is 10.3 Å². The van der Waals surface area contributed by atoms with Crippen molar-refractivity contribution in [2.45, 2.75) is 20.1 Å². The molecule has 0 saturated heterocycles. The molecule has 66 valence electrons. The molecule has 0 rings (SSSR count). The van der Waals surface area contributed by atoms with Crippen LogP contribution in [0.3, 0.4) is 0 Å². The second-order valence-electron chi connectivity index (χ2n) is 1.92. The molecule has 0 heterocycles. The molecule has 1 atom stereocenters. The fourth-order valence-electron chi connectivity index (χ4n) is 0.649. The third-order valence-electron chi connectivity index (χ3n) is 1.10. The summed E-state index contributed by atoms with van der Waals surface area (Å²) in [6.45, 7) is 4.38. The minimum Gasteiger partial charge on any atom is -0.436 e. The molecule has 0 amide bonds. The Balaban J connectivity index is 3.63. The summed E-state index contributed by atoms with van der Waals surface area (Å²) in [6, 6.07) is 0.492. The van der Waals surface area contributed by atoms with Crippen molar-refractivity contribution in [3.05, 3.63) is 0 Å². The number of rotatable bonds is 3. The SMILES string of the molecule is CCOC(C)OC(=NC)NC. The zero-order valence-corrected chi connectivity index (χ0v) is 7.55. The Bertz CT molecular complexity index is 126. The van der Waals surface area contributed by atoms with Crippen LogP contribution in [0.1, 0.15) is 13.8 Å². The van der Waals surface area contributed by atoms with E-state index in [1.165, 1.54) is 0 Å². The Hall–Kier alpha value is -0.770. The number of aliphatic imine (C=N–C) groups is 1. The maximum absolute atomic E-state index is 5.21. The van der Waals surface area contributed by atoms with Gasteiger partial charge in [-0.1, -0.05) is 0 Å². The maximum Gasteiger partial charge on any atom is 0.286 e. The van der Waals surface area contributed by atoms with Crippen LogP contribution in [-0.4, -0.2) is 33.0 Å². The van der Waals surface area contributed by atoms with E-state index in [0.29, 0.717) is 12.6 Å². The van der Waals surface area contributed by atoms with Gasteiger partial charge in [0.25, 0.3) is 6.02 Å². The Morgan fingerprint density at radius 3 is 2.64 bits per heavy atom. The molecule has 0 aromatic rings. The summed E-state index contributed by atoms with van der Waals surface area (Å²) in [5, 5.41) is 2.79.